The summed E-state index contributed by atoms with van der Waals surface area (Å²) in [6.45, 7) is 1.95. The van der Waals surface area contributed by atoms with Crippen LogP contribution in [0.3, 0.4) is 0 Å². The number of imidazole rings is 1. The fourth-order valence-corrected chi connectivity index (χ4v) is 5.47. The van der Waals surface area contributed by atoms with Gasteiger partial charge in [0.25, 0.3) is 11.8 Å². The van der Waals surface area contributed by atoms with E-state index < -0.39 is 0 Å². The second kappa shape index (κ2) is 8.65. The molecule has 35 heavy (non-hydrogen) atoms. The first-order valence-electron chi connectivity index (χ1n) is 12.2. The minimum Gasteiger partial charge on any atom is -0.349 e. The van der Waals surface area contributed by atoms with Crippen LogP contribution >= 0.6 is 0 Å². The molecule has 7 heteroatoms. The van der Waals surface area contributed by atoms with E-state index >= 15 is 0 Å². The van der Waals surface area contributed by atoms with Crippen molar-refractivity contribution < 1.29 is 9.59 Å². The van der Waals surface area contributed by atoms with Crippen molar-refractivity contribution in [3.8, 4) is 11.4 Å². The summed E-state index contributed by atoms with van der Waals surface area (Å²) in [4.78, 5) is 37.6. The number of aromatic amines is 1. The quantitative estimate of drug-likeness (QED) is 0.382. The molecule has 3 atom stereocenters. The van der Waals surface area contributed by atoms with Crippen LogP contribution in [0, 0.1) is 18.8 Å². The molecule has 2 aliphatic carbocycles. The topological polar surface area (TPSA) is 99.8 Å². The molecule has 2 heterocycles. The van der Waals surface area contributed by atoms with Crippen LogP contribution in [0.4, 0.5) is 5.82 Å². The Kier molecular flexibility index (Phi) is 5.32. The smallest absolute Gasteiger partial charge is 0.256 e. The van der Waals surface area contributed by atoms with Gasteiger partial charge in [-0.15, -0.1) is 0 Å². The minimum absolute atomic E-state index is 0.0148. The van der Waals surface area contributed by atoms with E-state index in [-0.39, 0.29) is 11.8 Å². The highest BCUT2D eigenvalue weighted by atomic mass is 16.2. The van der Waals surface area contributed by atoms with E-state index in [0.29, 0.717) is 34.7 Å². The van der Waals surface area contributed by atoms with Gasteiger partial charge >= 0.3 is 0 Å². The van der Waals surface area contributed by atoms with Crippen molar-refractivity contribution in [3.63, 3.8) is 0 Å². The number of carbonyl (C=O) groups is 2. The van der Waals surface area contributed by atoms with Gasteiger partial charge < -0.3 is 15.6 Å². The molecule has 2 aromatic heterocycles. The molecule has 2 saturated carbocycles. The van der Waals surface area contributed by atoms with Crippen LogP contribution in [-0.4, -0.2) is 32.8 Å². The molecule has 2 aliphatic rings. The number of hydrogen-bond donors (Lipinski definition) is 3. The van der Waals surface area contributed by atoms with E-state index in [0.717, 1.165) is 34.5 Å². The standard InChI is InChI=1S/C28H27N5O2/c1-16-2-11-25(29-15-16)33-27(34)19-7-5-18(6-8-19)26-30-22-10-9-21(14-24(22)31-26)28(35)32-23-13-17-3-4-20(23)12-17/h2,5-11,14-15,17,20,23H,3-4,12-13H2,1H3,(H,30,31)(H,32,35)(H,29,33,34). The van der Waals surface area contributed by atoms with Gasteiger partial charge in [0.1, 0.15) is 11.6 Å². The monoisotopic (exact) mass is 465 g/mol. The van der Waals surface area contributed by atoms with E-state index in [1.807, 2.05) is 43.3 Å². The Morgan fingerprint density at radius 2 is 1.77 bits per heavy atom. The molecule has 0 saturated heterocycles. The highest BCUT2D eigenvalue weighted by Crippen LogP contribution is 2.44. The maximum atomic E-state index is 12.9. The van der Waals surface area contributed by atoms with Crippen LogP contribution < -0.4 is 10.6 Å². The number of aryl methyl sites for hydroxylation is 1. The Balaban J connectivity index is 1.16. The summed E-state index contributed by atoms with van der Waals surface area (Å²) in [6, 6.07) is 16.8. The first kappa shape index (κ1) is 21.5. The largest absolute Gasteiger partial charge is 0.349 e. The van der Waals surface area contributed by atoms with Crippen molar-refractivity contribution in [1.29, 1.82) is 0 Å². The fourth-order valence-electron chi connectivity index (χ4n) is 5.47. The van der Waals surface area contributed by atoms with Crippen LogP contribution in [-0.2, 0) is 0 Å². The normalized spacial score (nSPS) is 20.8. The molecular formula is C28H27N5O2. The summed E-state index contributed by atoms with van der Waals surface area (Å²) in [5.74, 6) is 2.41. The van der Waals surface area contributed by atoms with Crippen LogP contribution in [0.15, 0.2) is 60.8 Å². The second-order valence-corrected chi connectivity index (χ2v) is 9.82. The third-order valence-corrected chi connectivity index (χ3v) is 7.37. The van der Waals surface area contributed by atoms with Crippen molar-refractivity contribution >= 4 is 28.7 Å². The average molecular weight is 466 g/mol. The summed E-state index contributed by atoms with van der Waals surface area (Å²) in [7, 11) is 0. The number of rotatable bonds is 5. The van der Waals surface area contributed by atoms with Crippen LogP contribution in [0.1, 0.15) is 52.0 Å². The molecule has 7 nitrogen and oxygen atoms in total. The summed E-state index contributed by atoms with van der Waals surface area (Å²) < 4.78 is 0. The van der Waals surface area contributed by atoms with Crippen LogP contribution in [0.5, 0.6) is 0 Å². The van der Waals surface area contributed by atoms with E-state index in [4.69, 9.17) is 0 Å². The number of benzene rings is 2. The third kappa shape index (κ3) is 4.30. The number of fused-ring (bicyclic) bond motifs is 3. The lowest BCUT2D eigenvalue weighted by Crippen LogP contribution is -2.38. The number of carbonyl (C=O) groups excluding carboxylic acids is 2. The summed E-state index contributed by atoms with van der Waals surface area (Å²) in [5, 5.41) is 6.06. The number of nitrogens with one attached hydrogen (secondary N) is 3. The molecule has 2 fully saturated rings. The molecule has 3 unspecified atom stereocenters. The Morgan fingerprint density at radius 3 is 2.49 bits per heavy atom. The van der Waals surface area contributed by atoms with E-state index in [2.05, 4.69) is 25.6 Å². The average Bonchev–Trinajstić information content (AvgIpc) is 3.61. The van der Waals surface area contributed by atoms with E-state index in [9.17, 15) is 9.59 Å². The number of aromatic nitrogens is 3. The molecule has 176 valence electrons. The number of hydrogen-bond acceptors (Lipinski definition) is 4. The van der Waals surface area contributed by atoms with Gasteiger partial charge in [-0.2, -0.15) is 0 Å². The molecule has 0 spiro atoms. The lowest BCUT2D eigenvalue weighted by molar-refractivity contribution is 0.0922. The first-order chi connectivity index (χ1) is 17.0. The maximum absolute atomic E-state index is 12.9. The predicted molar refractivity (Wildman–Crippen MR) is 135 cm³/mol. The zero-order chi connectivity index (χ0) is 23.9. The Hall–Kier alpha value is -4.00. The van der Waals surface area contributed by atoms with Crippen molar-refractivity contribution in [3.05, 3.63) is 77.5 Å². The van der Waals surface area contributed by atoms with Crippen molar-refractivity contribution in [1.82, 2.24) is 20.3 Å². The zero-order valence-corrected chi connectivity index (χ0v) is 19.5. The molecule has 0 radical (unpaired) electrons. The van der Waals surface area contributed by atoms with Gasteiger partial charge in [-0.25, -0.2) is 9.97 Å². The SMILES string of the molecule is Cc1ccc(NC(=O)c2ccc(-c3nc4ccc(C(=O)NC5CC6CCC5C6)cc4[nH]3)cc2)nc1. The number of anilines is 1. The summed E-state index contributed by atoms with van der Waals surface area (Å²) in [5.41, 5.74) is 4.68. The molecule has 2 bridgehead atoms. The van der Waals surface area contributed by atoms with E-state index in [1.54, 1.807) is 24.4 Å². The molecule has 2 aromatic carbocycles. The molecule has 2 amide bonds. The van der Waals surface area contributed by atoms with Crippen molar-refractivity contribution in [2.45, 2.75) is 38.6 Å². The lowest BCUT2D eigenvalue weighted by atomic mass is 9.95. The van der Waals surface area contributed by atoms with Crippen LogP contribution in [0.25, 0.3) is 22.4 Å². The molecular weight excluding hydrogens is 438 g/mol. The van der Waals surface area contributed by atoms with Gasteiger partial charge in [0.15, 0.2) is 0 Å². The Bertz CT molecular complexity index is 1410. The van der Waals surface area contributed by atoms with Gasteiger partial charge in [-0.3, -0.25) is 9.59 Å². The Morgan fingerprint density at radius 1 is 0.943 bits per heavy atom. The number of amides is 2. The first-order valence-corrected chi connectivity index (χ1v) is 12.2. The highest BCUT2D eigenvalue weighted by Gasteiger charge is 2.40. The lowest BCUT2D eigenvalue weighted by Gasteiger charge is -2.22. The van der Waals surface area contributed by atoms with Crippen molar-refractivity contribution in [2.75, 3.05) is 5.32 Å². The van der Waals surface area contributed by atoms with Gasteiger partial charge in [-0.05, 0) is 80.0 Å². The Labute approximate surface area is 203 Å². The second-order valence-electron chi connectivity index (χ2n) is 9.82. The fraction of sp³-hybridized carbons (Fsp3) is 0.286. The number of nitrogens with zero attached hydrogens (tertiary/aromatic N) is 2. The predicted octanol–water partition coefficient (Wildman–Crippen LogP) is 5.10. The molecule has 3 N–H and O–H groups in total. The number of pyridine rings is 1. The van der Waals surface area contributed by atoms with E-state index in [1.165, 1.54) is 19.3 Å². The molecule has 4 aromatic rings. The molecule has 0 aliphatic heterocycles. The maximum Gasteiger partial charge on any atom is 0.256 e. The van der Waals surface area contributed by atoms with Crippen molar-refractivity contribution in [2.24, 2.45) is 11.8 Å². The van der Waals surface area contributed by atoms with Gasteiger partial charge in [0.05, 0.1) is 11.0 Å². The van der Waals surface area contributed by atoms with Gasteiger partial charge in [-0.1, -0.05) is 24.6 Å². The van der Waals surface area contributed by atoms with Gasteiger partial charge in [0.2, 0.25) is 0 Å². The van der Waals surface area contributed by atoms with Crippen LogP contribution in [0.2, 0.25) is 0 Å². The summed E-state index contributed by atoms with van der Waals surface area (Å²) >= 11 is 0. The highest BCUT2D eigenvalue weighted by molar-refractivity contribution is 6.04. The third-order valence-electron chi connectivity index (χ3n) is 7.37. The molecule has 6 rings (SSSR count). The zero-order valence-electron chi connectivity index (χ0n) is 19.5. The minimum atomic E-state index is -0.219. The summed E-state index contributed by atoms with van der Waals surface area (Å²) in [6.07, 6.45) is 6.64. The van der Waals surface area contributed by atoms with Gasteiger partial charge in [0, 0.05) is 28.9 Å². The number of H-pyrrole nitrogens is 1.